The SMILES string of the molecule is CN(C)CC(O)COc1ccc(C23CC4CC(CC(C4)C2)C3)cc1. The number of hydrogen-bond donors (Lipinski definition) is 1. The van der Waals surface area contributed by atoms with Crippen molar-refractivity contribution in [1.82, 2.24) is 4.90 Å². The highest BCUT2D eigenvalue weighted by molar-refractivity contribution is 5.34. The number of aliphatic hydroxyl groups is 1. The highest BCUT2D eigenvalue weighted by atomic mass is 16.5. The maximum Gasteiger partial charge on any atom is 0.119 e. The molecule has 1 aromatic rings. The summed E-state index contributed by atoms with van der Waals surface area (Å²) in [5.74, 6) is 3.82. The van der Waals surface area contributed by atoms with E-state index in [-0.39, 0.29) is 0 Å². The van der Waals surface area contributed by atoms with Crippen LogP contribution in [0.3, 0.4) is 0 Å². The van der Waals surface area contributed by atoms with Crippen LogP contribution in [0.1, 0.15) is 44.1 Å². The van der Waals surface area contributed by atoms with E-state index in [1.165, 1.54) is 44.1 Å². The molecule has 4 aliphatic carbocycles. The number of nitrogens with zero attached hydrogens (tertiary/aromatic N) is 1. The Morgan fingerprint density at radius 3 is 2.08 bits per heavy atom. The molecule has 0 amide bonds. The van der Waals surface area contributed by atoms with Crippen LogP contribution in [0.2, 0.25) is 0 Å². The standard InChI is InChI=1S/C21H31NO2/c1-22(2)13-19(23)14-24-20-5-3-18(4-6-20)21-10-15-7-16(11-21)9-17(8-15)12-21/h3-6,15-17,19,23H,7-14H2,1-2H3. The first kappa shape index (κ1) is 16.4. The van der Waals surface area contributed by atoms with E-state index in [0.717, 1.165) is 23.5 Å². The van der Waals surface area contributed by atoms with Crippen molar-refractivity contribution in [3.63, 3.8) is 0 Å². The molecule has 4 bridgehead atoms. The number of rotatable bonds is 6. The molecular formula is C21H31NO2. The molecule has 0 radical (unpaired) electrons. The van der Waals surface area contributed by atoms with E-state index in [0.29, 0.717) is 18.6 Å². The summed E-state index contributed by atoms with van der Waals surface area (Å²) in [5.41, 5.74) is 1.99. The fourth-order valence-corrected chi connectivity index (χ4v) is 6.04. The van der Waals surface area contributed by atoms with Crippen molar-refractivity contribution in [1.29, 1.82) is 0 Å². The molecule has 0 heterocycles. The van der Waals surface area contributed by atoms with Crippen molar-refractivity contribution in [2.45, 2.75) is 50.0 Å². The van der Waals surface area contributed by atoms with E-state index in [2.05, 4.69) is 24.3 Å². The van der Waals surface area contributed by atoms with Gasteiger partial charge in [0.15, 0.2) is 0 Å². The molecule has 0 aromatic heterocycles. The van der Waals surface area contributed by atoms with Crippen LogP contribution < -0.4 is 4.74 Å². The molecule has 3 heteroatoms. The Bertz CT molecular complexity index is 530. The third kappa shape index (κ3) is 3.21. The molecule has 0 spiro atoms. The van der Waals surface area contributed by atoms with Gasteiger partial charge in [0.2, 0.25) is 0 Å². The van der Waals surface area contributed by atoms with Gasteiger partial charge in [0, 0.05) is 6.54 Å². The lowest BCUT2D eigenvalue weighted by Crippen LogP contribution is -2.48. The Labute approximate surface area is 146 Å². The van der Waals surface area contributed by atoms with Crippen LogP contribution in [0, 0.1) is 17.8 Å². The van der Waals surface area contributed by atoms with Crippen molar-refractivity contribution >= 4 is 0 Å². The fraction of sp³-hybridized carbons (Fsp3) is 0.714. The zero-order valence-corrected chi connectivity index (χ0v) is 15.1. The second kappa shape index (κ2) is 6.34. The van der Waals surface area contributed by atoms with Crippen LogP contribution in [0.5, 0.6) is 5.75 Å². The van der Waals surface area contributed by atoms with Crippen LogP contribution in [-0.4, -0.2) is 43.4 Å². The van der Waals surface area contributed by atoms with Gasteiger partial charge in [0.25, 0.3) is 0 Å². The molecule has 1 aromatic carbocycles. The lowest BCUT2D eigenvalue weighted by atomic mass is 9.48. The normalized spacial score (nSPS) is 35.4. The molecule has 4 fully saturated rings. The second-order valence-corrected chi connectivity index (χ2v) is 8.95. The Balaban J connectivity index is 1.41. The summed E-state index contributed by atoms with van der Waals surface area (Å²) < 4.78 is 5.77. The molecule has 4 aliphatic rings. The van der Waals surface area contributed by atoms with Crippen LogP contribution in [0.25, 0.3) is 0 Å². The Hall–Kier alpha value is -1.06. The van der Waals surface area contributed by atoms with E-state index in [9.17, 15) is 5.11 Å². The van der Waals surface area contributed by atoms with E-state index in [4.69, 9.17) is 4.74 Å². The number of ether oxygens (including phenoxy) is 1. The smallest absolute Gasteiger partial charge is 0.119 e. The second-order valence-electron chi connectivity index (χ2n) is 8.95. The van der Waals surface area contributed by atoms with Gasteiger partial charge in [-0.05, 0) is 93.5 Å². The third-order valence-electron chi connectivity index (χ3n) is 6.52. The number of benzene rings is 1. The predicted octanol–water partition coefficient (Wildman–Crippen LogP) is 3.46. The van der Waals surface area contributed by atoms with Gasteiger partial charge in [-0.15, -0.1) is 0 Å². The molecule has 3 nitrogen and oxygen atoms in total. The molecule has 0 saturated heterocycles. The van der Waals surface area contributed by atoms with Crippen LogP contribution in [-0.2, 0) is 5.41 Å². The van der Waals surface area contributed by atoms with Crippen LogP contribution >= 0.6 is 0 Å². The lowest BCUT2D eigenvalue weighted by molar-refractivity contribution is -0.00522. The average molecular weight is 329 g/mol. The first-order valence-electron chi connectivity index (χ1n) is 9.58. The minimum Gasteiger partial charge on any atom is -0.491 e. The first-order valence-corrected chi connectivity index (χ1v) is 9.58. The third-order valence-corrected chi connectivity index (χ3v) is 6.52. The summed E-state index contributed by atoms with van der Waals surface area (Å²) in [4.78, 5) is 1.98. The van der Waals surface area contributed by atoms with Gasteiger partial charge in [-0.25, -0.2) is 0 Å². The van der Waals surface area contributed by atoms with E-state index < -0.39 is 6.10 Å². The predicted molar refractivity (Wildman–Crippen MR) is 96.3 cm³/mol. The minimum atomic E-state index is -0.442. The fourth-order valence-electron chi connectivity index (χ4n) is 6.04. The summed E-state index contributed by atoms with van der Waals surface area (Å²) in [6, 6.07) is 8.80. The molecule has 5 rings (SSSR count). The molecule has 1 unspecified atom stereocenters. The van der Waals surface area contributed by atoms with E-state index >= 15 is 0 Å². The Morgan fingerprint density at radius 2 is 1.58 bits per heavy atom. The summed E-state index contributed by atoms with van der Waals surface area (Å²) >= 11 is 0. The van der Waals surface area contributed by atoms with Crippen molar-refractivity contribution < 1.29 is 9.84 Å². The molecule has 1 N–H and O–H groups in total. The number of hydrogen-bond acceptors (Lipinski definition) is 3. The van der Waals surface area contributed by atoms with Crippen molar-refractivity contribution in [3.8, 4) is 5.75 Å². The number of aliphatic hydroxyl groups excluding tert-OH is 1. The summed E-state index contributed by atoms with van der Waals surface area (Å²) in [6.45, 7) is 0.986. The zero-order chi connectivity index (χ0) is 16.7. The molecule has 24 heavy (non-hydrogen) atoms. The monoisotopic (exact) mass is 329 g/mol. The van der Waals surface area contributed by atoms with Gasteiger partial charge in [0.05, 0.1) is 0 Å². The van der Waals surface area contributed by atoms with Gasteiger partial charge >= 0.3 is 0 Å². The Kier molecular flexibility index (Phi) is 4.34. The summed E-state index contributed by atoms with van der Waals surface area (Å²) in [6.07, 6.45) is 8.24. The summed E-state index contributed by atoms with van der Waals surface area (Å²) in [5, 5.41) is 9.92. The molecule has 4 saturated carbocycles. The number of likely N-dealkylation sites (N-methyl/N-ethyl adjacent to an activating group) is 1. The Morgan fingerprint density at radius 1 is 1.04 bits per heavy atom. The van der Waals surface area contributed by atoms with E-state index in [1.807, 2.05) is 19.0 Å². The highest BCUT2D eigenvalue weighted by Gasteiger charge is 2.51. The maximum absolute atomic E-state index is 9.92. The quantitative estimate of drug-likeness (QED) is 0.867. The van der Waals surface area contributed by atoms with E-state index in [1.54, 1.807) is 0 Å². The molecule has 132 valence electrons. The minimum absolute atomic E-state index is 0.356. The van der Waals surface area contributed by atoms with Crippen LogP contribution in [0.4, 0.5) is 0 Å². The van der Waals surface area contributed by atoms with Crippen LogP contribution in [0.15, 0.2) is 24.3 Å². The van der Waals surface area contributed by atoms with Gasteiger partial charge in [-0.3, -0.25) is 0 Å². The van der Waals surface area contributed by atoms with Gasteiger partial charge in [-0.1, -0.05) is 12.1 Å². The lowest BCUT2D eigenvalue weighted by Gasteiger charge is -2.57. The van der Waals surface area contributed by atoms with Gasteiger partial charge in [-0.2, -0.15) is 0 Å². The van der Waals surface area contributed by atoms with Gasteiger partial charge in [0.1, 0.15) is 18.5 Å². The summed E-state index contributed by atoms with van der Waals surface area (Å²) in [7, 11) is 3.92. The largest absolute Gasteiger partial charge is 0.491 e. The van der Waals surface area contributed by atoms with Crippen molar-refractivity contribution in [3.05, 3.63) is 29.8 Å². The van der Waals surface area contributed by atoms with Gasteiger partial charge < -0.3 is 14.7 Å². The first-order chi connectivity index (χ1) is 11.5. The van der Waals surface area contributed by atoms with Crippen molar-refractivity contribution in [2.75, 3.05) is 27.2 Å². The average Bonchev–Trinajstić information content (AvgIpc) is 2.51. The van der Waals surface area contributed by atoms with Crippen molar-refractivity contribution in [2.24, 2.45) is 17.8 Å². The molecule has 1 atom stereocenters. The highest BCUT2D eigenvalue weighted by Crippen LogP contribution is 2.60. The maximum atomic E-state index is 9.92. The molecule has 0 aliphatic heterocycles. The zero-order valence-electron chi connectivity index (χ0n) is 15.1. The molecular weight excluding hydrogens is 298 g/mol. The topological polar surface area (TPSA) is 32.7 Å².